The second-order valence-electron chi connectivity index (χ2n) is 3.40. The van der Waals surface area contributed by atoms with E-state index in [2.05, 4.69) is 0 Å². The summed E-state index contributed by atoms with van der Waals surface area (Å²) in [5.74, 6) is -0.552. The van der Waals surface area contributed by atoms with E-state index in [1.807, 2.05) is 6.07 Å². The number of phenolic OH excluding ortho intramolecular Hbond substituents is 1. The zero-order valence-corrected chi connectivity index (χ0v) is 8.44. The van der Waals surface area contributed by atoms with Gasteiger partial charge in [-0.2, -0.15) is 0 Å². The molecule has 0 unspecified atom stereocenters. The van der Waals surface area contributed by atoms with Crippen LogP contribution in [0.25, 0.3) is 0 Å². The fourth-order valence-electron chi connectivity index (χ4n) is 1.47. The lowest BCUT2D eigenvalue weighted by Gasteiger charge is -2.06. The average Bonchev–Trinajstić information content (AvgIpc) is 2.32. The van der Waals surface area contributed by atoms with Gasteiger partial charge in [0.25, 0.3) is 0 Å². The zero-order chi connectivity index (χ0) is 11.5. The predicted octanol–water partition coefficient (Wildman–Crippen LogP) is 2.95. The fraction of sp³-hybridized carbons (Fsp3) is 0. The van der Waals surface area contributed by atoms with Gasteiger partial charge in [-0.25, -0.2) is 4.39 Å². The largest absolute Gasteiger partial charge is 0.507 e. The van der Waals surface area contributed by atoms with Gasteiger partial charge in [-0.3, -0.25) is 5.41 Å². The van der Waals surface area contributed by atoms with Crippen LogP contribution in [-0.2, 0) is 0 Å². The molecular weight excluding hydrogens is 205 g/mol. The van der Waals surface area contributed by atoms with Crippen LogP contribution in [0.4, 0.5) is 4.39 Å². The molecule has 16 heavy (non-hydrogen) atoms. The van der Waals surface area contributed by atoms with Crippen LogP contribution in [0.2, 0.25) is 0 Å². The van der Waals surface area contributed by atoms with Gasteiger partial charge in [0.1, 0.15) is 11.6 Å². The average molecular weight is 215 g/mol. The van der Waals surface area contributed by atoms with Crippen LogP contribution < -0.4 is 0 Å². The van der Waals surface area contributed by atoms with E-state index < -0.39 is 5.82 Å². The smallest absolute Gasteiger partial charge is 0.125 e. The summed E-state index contributed by atoms with van der Waals surface area (Å²) in [6.45, 7) is 0. The van der Waals surface area contributed by atoms with E-state index in [0.29, 0.717) is 5.56 Å². The molecule has 0 fully saturated rings. The van der Waals surface area contributed by atoms with Crippen molar-refractivity contribution in [3.8, 4) is 5.75 Å². The van der Waals surface area contributed by atoms with Crippen LogP contribution in [-0.4, -0.2) is 10.8 Å². The molecule has 0 saturated heterocycles. The van der Waals surface area contributed by atoms with Gasteiger partial charge in [0.2, 0.25) is 0 Å². The molecule has 0 aliphatic rings. The standard InChI is InChI=1S/C13H10FNO/c14-10-6-7-12(16)11(8-10)13(15)9-4-2-1-3-5-9/h1-8,15-16H. The lowest BCUT2D eigenvalue weighted by atomic mass is 10.0. The summed E-state index contributed by atoms with van der Waals surface area (Å²) in [6, 6.07) is 12.5. The number of nitrogens with one attached hydrogen (secondary N) is 1. The first-order valence-electron chi connectivity index (χ1n) is 4.81. The number of benzene rings is 2. The van der Waals surface area contributed by atoms with E-state index in [1.165, 1.54) is 6.07 Å². The molecule has 0 spiro atoms. The van der Waals surface area contributed by atoms with Crippen molar-refractivity contribution in [3.63, 3.8) is 0 Å². The van der Waals surface area contributed by atoms with Crippen LogP contribution in [0.5, 0.6) is 5.75 Å². The van der Waals surface area contributed by atoms with Crippen molar-refractivity contribution in [1.82, 2.24) is 0 Å². The van der Waals surface area contributed by atoms with E-state index in [4.69, 9.17) is 5.41 Å². The van der Waals surface area contributed by atoms with Crippen LogP contribution in [0.1, 0.15) is 11.1 Å². The minimum atomic E-state index is -0.464. The molecule has 0 aliphatic carbocycles. The van der Waals surface area contributed by atoms with Gasteiger partial charge >= 0.3 is 0 Å². The highest BCUT2D eigenvalue weighted by atomic mass is 19.1. The number of phenols is 1. The van der Waals surface area contributed by atoms with E-state index in [-0.39, 0.29) is 17.0 Å². The zero-order valence-electron chi connectivity index (χ0n) is 8.44. The fourth-order valence-corrected chi connectivity index (χ4v) is 1.47. The summed E-state index contributed by atoms with van der Waals surface area (Å²) in [7, 11) is 0. The van der Waals surface area contributed by atoms with Crippen molar-refractivity contribution in [1.29, 1.82) is 5.41 Å². The predicted molar refractivity (Wildman–Crippen MR) is 60.4 cm³/mol. The van der Waals surface area contributed by atoms with E-state index in [0.717, 1.165) is 12.1 Å². The molecule has 0 aromatic heterocycles. The van der Waals surface area contributed by atoms with E-state index in [1.54, 1.807) is 24.3 Å². The maximum absolute atomic E-state index is 13.0. The third-order valence-corrected chi connectivity index (χ3v) is 2.29. The van der Waals surface area contributed by atoms with Crippen LogP contribution in [0.3, 0.4) is 0 Å². The number of halogens is 1. The Labute approximate surface area is 92.5 Å². The molecule has 2 aromatic carbocycles. The summed E-state index contributed by atoms with van der Waals surface area (Å²) in [5.41, 5.74) is 0.951. The van der Waals surface area contributed by atoms with Gasteiger partial charge in [0.05, 0.1) is 5.71 Å². The third-order valence-electron chi connectivity index (χ3n) is 2.29. The van der Waals surface area contributed by atoms with Crippen molar-refractivity contribution in [2.75, 3.05) is 0 Å². The Morgan fingerprint density at radius 1 is 1.06 bits per heavy atom. The molecule has 2 N–H and O–H groups in total. The molecule has 0 aliphatic heterocycles. The van der Waals surface area contributed by atoms with Crippen LogP contribution in [0.15, 0.2) is 48.5 Å². The summed E-state index contributed by atoms with van der Waals surface area (Å²) >= 11 is 0. The van der Waals surface area contributed by atoms with Gasteiger partial charge in [-0.05, 0) is 18.2 Å². The lowest BCUT2D eigenvalue weighted by Crippen LogP contribution is -2.01. The molecule has 2 aromatic rings. The monoisotopic (exact) mass is 215 g/mol. The lowest BCUT2D eigenvalue weighted by molar-refractivity contribution is 0.472. The van der Waals surface area contributed by atoms with Crippen molar-refractivity contribution in [2.45, 2.75) is 0 Å². The third kappa shape index (κ3) is 1.93. The Hall–Kier alpha value is -2.16. The minimum Gasteiger partial charge on any atom is -0.507 e. The Kier molecular flexibility index (Phi) is 2.68. The van der Waals surface area contributed by atoms with Gasteiger partial charge < -0.3 is 5.11 Å². The Morgan fingerprint density at radius 3 is 2.44 bits per heavy atom. The quantitative estimate of drug-likeness (QED) is 0.743. The Balaban J connectivity index is 2.46. The normalized spacial score (nSPS) is 10.1. The van der Waals surface area contributed by atoms with Crippen molar-refractivity contribution >= 4 is 5.71 Å². The molecule has 3 heteroatoms. The van der Waals surface area contributed by atoms with Crippen molar-refractivity contribution in [2.24, 2.45) is 0 Å². The Bertz CT molecular complexity index is 523. The summed E-state index contributed by atoms with van der Waals surface area (Å²) in [6.07, 6.45) is 0. The minimum absolute atomic E-state index is 0.0877. The van der Waals surface area contributed by atoms with Crippen LogP contribution in [0, 0.1) is 11.2 Å². The second kappa shape index (κ2) is 4.14. The number of rotatable bonds is 2. The molecule has 2 rings (SSSR count). The van der Waals surface area contributed by atoms with E-state index >= 15 is 0 Å². The highest BCUT2D eigenvalue weighted by Gasteiger charge is 2.10. The first-order chi connectivity index (χ1) is 7.68. The Morgan fingerprint density at radius 2 is 1.75 bits per heavy atom. The second-order valence-corrected chi connectivity index (χ2v) is 3.40. The molecule has 80 valence electrons. The molecule has 0 atom stereocenters. The molecule has 2 nitrogen and oxygen atoms in total. The molecule has 0 heterocycles. The summed E-state index contributed by atoms with van der Waals surface area (Å²) < 4.78 is 13.0. The van der Waals surface area contributed by atoms with Gasteiger partial charge in [0, 0.05) is 11.1 Å². The molecule has 0 bridgehead atoms. The highest BCUT2D eigenvalue weighted by molar-refractivity contribution is 6.12. The molecule has 0 saturated carbocycles. The van der Waals surface area contributed by atoms with Crippen molar-refractivity contribution in [3.05, 3.63) is 65.5 Å². The SMILES string of the molecule is N=C(c1ccccc1)c1cc(F)ccc1O. The van der Waals surface area contributed by atoms with Gasteiger partial charge in [-0.1, -0.05) is 30.3 Å². The topological polar surface area (TPSA) is 44.1 Å². The molecule has 0 amide bonds. The highest BCUT2D eigenvalue weighted by Crippen LogP contribution is 2.21. The first-order valence-corrected chi connectivity index (χ1v) is 4.81. The summed E-state index contributed by atoms with van der Waals surface area (Å²) in [4.78, 5) is 0. The maximum Gasteiger partial charge on any atom is 0.125 e. The molecular formula is C13H10FNO. The number of hydrogen-bond donors (Lipinski definition) is 2. The first kappa shape index (κ1) is 10.4. The van der Waals surface area contributed by atoms with Gasteiger partial charge in [0.15, 0.2) is 0 Å². The van der Waals surface area contributed by atoms with E-state index in [9.17, 15) is 9.50 Å². The maximum atomic E-state index is 13.0. The summed E-state index contributed by atoms with van der Waals surface area (Å²) in [5, 5.41) is 17.4. The van der Waals surface area contributed by atoms with Crippen molar-refractivity contribution < 1.29 is 9.50 Å². The molecule has 0 radical (unpaired) electrons. The van der Waals surface area contributed by atoms with Crippen LogP contribution >= 0.6 is 0 Å². The van der Waals surface area contributed by atoms with Gasteiger partial charge in [-0.15, -0.1) is 0 Å². The number of aromatic hydroxyl groups is 1. The number of hydrogen-bond acceptors (Lipinski definition) is 2.